The summed E-state index contributed by atoms with van der Waals surface area (Å²) in [5.41, 5.74) is 0.600. The summed E-state index contributed by atoms with van der Waals surface area (Å²) in [5, 5.41) is 2.93. The summed E-state index contributed by atoms with van der Waals surface area (Å²) in [6.07, 6.45) is 5.23. The van der Waals surface area contributed by atoms with Crippen LogP contribution in [-0.2, 0) is 4.74 Å². The van der Waals surface area contributed by atoms with Crippen molar-refractivity contribution in [1.82, 2.24) is 10.3 Å². The second-order valence-corrected chi connectivity index (χ2v) is 3.63. The third-order valence-corrected chi connectivity index (χ3v) is 2.42. The normalized spacial score (nSPS) is 20.9. The van der Waals surface area contributed by atoms with Crippen LogP contribution in [0.2, 0.25) is 0 Å². The summed E-state index contributed by atoms with van der Waals surface area (Å²) >= 11 is 0. The van der Waals surface area contributed by atoms with E-state index >= 15 is 0 Å². The van der Waals surface area contributed by atoms with Gasteiger partial charge in [-0.05, 0) is 25.0 Å². The molecule has 0 radical (unpaired) electrons. The number of pyridine rings is 1. The lowest BCUT2D eigenvalue weighted by atomic mass is 10.1. The molecule has 2 heterocycles. The highest BCUT2D eigenvalue weighted by Crippen LogP contribution is 2.06. The van der Waals surface area contributed by atoms with Gasteiger partial charge in [0.1, 0.15) is 0 Å². The lowest BCUT2D eigenvalue weighted by molar-refractivity contribution is 0.0624. The molecule has 1 aliphatic heterocycles. The maximum absolute atomic E-state index is 11.7. The van der Waals surface area contributed by atoms with E-state index in [1.807, 2.05) is 0 Å². The minimum absolute atomic E-state index is 0.0707. The van der Waals surface area contributed by atoms with Crippen LogP contribution in [-0.4, -0.2) is 30.1 Å². The first-order chi connectivity index (χ1) is 7.36. The SMILES string of the molecule is O=C(NC1CCCOC1)c1cccnc1. The Morgan fingerprint density at radius 1 is 1.60 bits per heavy atom. The molecule has 4 heteroatoms. The Bertz CT molecular complexity index is 321. The molecule has 0 spiro atoms. The molecule has 0 saturated carbocycles. The van der Waals surface area contributed by atoms with Gasteiger partial charge in [-0.3, -0.25) is 9.78 Å². The zero-order valence-electron chi connectivity index (χ0n) is 8.48. The van der Waals surface area contributed by atoms with Crippen molar-refractivity contribution in [2.45, 2.75) is 18.9 Å². The number of amides is 1. The van der Waals surface area contributed by atoms with E-state index in [4.69, 9.17) is 4.74 Å². The zero-order chi connectivity index (χ0) is 10.5. The van der Waals surface area contributed by atoms with Crippen molar-refractivity contribution in [3.05, 3.63) is 30.1 Å². The van der Waals surface area contributed by atoms with Gasteiger partial charge in [0.25, 0.3) is 5.91 Å². The van der Waals surface area contributed by atoms with Gasteiger partial charge < -0.3 is 10.1 Å². The molecule has 1 fully saturated rings. The second kappa shape index (κ2) is 4.89. The zero-order valence-corrected chi connectivity index (χ0v) is 8.48. The highest BCUT2D eigenvalue weighted by Gasteiger charge is 2.16. The van der Waals surface area contributed by atoms with Crippen LogP contribution < -0.4 is 5.32 Å². The minimum atomic E-state index is -0.0707. The maximum Gasteiger partial charge on any atom is 0.253 e. The Morgan fingerprint density at radius 3 is 3.20 bits per heavy atom. The molecule has 1 saturated heterocycles. The second-order valence-electron chi connectivity index (χ2n) is 3.63. The lowest BCUT2D eigenvalue weighted by Gasteiger charge is -2.22. The molecule has 1 amide bonds. The van der Waals surface area contributed by atoms with E-state index in [1.54, 1.807) is 24.5 Å². The van der Waals surface area contributed by atoms with Crippen molar-refractivity contribution in [2.75, 3.05) is 13.2 Å². The van der Waals surface area contributed by atoms with E-state index in [0.29, 0.717) is 12.2 Å². The number of nitrogens with zero attached hydrogens (tertiary/aromatic N) is 1. The van der Waals surface area contributed by atoms with Gasteiger partial charge in [0.15, 0.2) is 0 Å². The monoisotopic (exact) mass is 206 g/mol. The van der Waals surface area contributed by atoms with Crippen molar-refractivity contribution in [1.29, 1.82) is 0 Å². The van der Waals surface area contributed by atoms with Crippen LogP contribution in [0.3, 0.4) is 0 Å². The van der Waals surface area contributed by atoms with E-state index in [-0.39, 0.29) is 11.9 Å². The first kappa shape index (κ1) is 10.1. The third kappa shape index (κ3) is 2.76. The topological polar surface area (TPSA) is 51.2 Å². The van der Waals surface area contributed by atoms with Crippen molar-refractivity contribution >= 4 is 5.91 Å². The van der Waals surface area contributed by atoms with Gasteiger partial charge in [0.2, 0.25) is 0 Å². The molecule has 1 atom stereocenters. The first-order valence-corrected chi connectivity index (χ1v) is 5.15. The van der Waals surface area contributed by atoms with Crippen LogP contribution >= 0.6 is 0 Å². The van der Waals surface area contributed by atoms with Crippen molar-refractivity contribution < 1.29 is 9.53 Å². The summed E-state index contributed by atoms with van der Waals surface area (Å²) in [5.74, 6) is -0.0707. The molecule has 80 valence electrons. The molecule has 0 aromatic carbocycles. The average molecular weight is 206 g/mol. The van der Waals surface area contributed by atoms with E-state index in [1.165, 1.54) is 0 Å². The van der Waals surface area contributed by atoms with Gasteiger partial charge in [-0.2, -0.15) is 0 Å². The number of nitrogens with one attached hydrogen (secondary N) is 1. The molecular formula is C11H14N2O2. The summed E-state index contributed by atoms with van der Waals surface area (Å²) in [6.45, 7) is 1.42. The van der Waals surface area contributed by atoms with Crippen LogP contribution in [0.1, 0.15) is 23.2 Å². The fraction of sp³-hybridized carbons (Fsp3) is 0.455. The summed E-state index contributed by atoms with van der Waals surface area (Å²) in [7, 11) is 0. The number of carbonyl (C=O) groups excluding carboxylic acids is 1. The van der Waals surface area contributed by atoms with E-state index in [2.05, 4.69) is 10.3 Å². The summed E-state index contributed by atoms with van der Waals surface area (Å²) < 4.78 is 5.29. The average Bonchev–Trinajstić information content (AvgIpc) is 2.31. The highest BCUT2D eigenvalue weighted by molar-refractivity contribution is 5.93. The number of aromatic nitrogens is 1. The molecule has 1 aromatic rings. The molecule has 0 aliphatic carbocycles. The molecule has 4 nitrogen and oxygen atoms in total. The number of hydrogen-bond donors (Lipinski definition) is 1. The smallest absolute Gasteiger partial charge is 0.253 e. The van der Waals surface area contributed by atoms with Crippen LogP contribution in [0.25, 0.3) is 0 Å². The molecular weight excluding hydrogens is 192 g/mol. The molecule has 1 aromatic heterocycles. The van der Waals surface area contributed by atoms with Crippen molar-refractivity contribution in [3.8, 4) is 0 Å². The van der Waals surface area contributed by atoms with Gasteiger partial charge in [-0.25, -0.2) is 0 Å². The standard InChI is InChI=1S/C11H14N2O2/c14-11(9-3-1-5-12-7-9)13-10-4-2-6-15-8-10/h1,3,5,7,10H,2,4,6,8H2,(H,13,14). The minimum Gasteiger partial charge on any atom is -0.379 e. The highest BCUT2D eigenvalue weighted by atomic mass is 16.5. The molecule has 2 rings (SSSR count). The van der Waals surface area contributed by atoms with Gasteiger partial charge in [-0.1, -0.05) is 0 Å². The first-order valence-electron chi connectivity index (χ1n) is 5.15. The van der Waals surface area contributed by atoms with Gasteiger partial charge in [0, 0.05) is 19.0 Å². The van der Waals surface area contributed by atoms with Crippen LogP contribution in [0.15, 0.2) is 24.5 Å². The summed E-state index contributed by atoms with van der Waals surface area (Å²) in [6, 6.07) is 3.66. The predicted octanol–water partition coefficient (Wildman–Crippen LogP) is 0.990. The molecule has 15 heavy (non-hydrogen) atoms. The van der Waals surface area contributed by atoms with Gasteiger partial charge in [0.05, 0.1) is 18.2 Å². The molecule has 0 bridgehead atoms. The number of ether oxygens (including phenoxy) is 1. The van der Waals surface area contributed by atoms with Crippen LogP contribution in [0, 0.1) is 0 Å². The number of hydrogen-bond acceptors (Lipinski definition) is 3. The Hall–Kier alpha value is -1.42. The van der Waals surface area contributed by atoms with Crippen molar-refractivity contribution in [3.63, 3.8) is 0 Å². The fourth-order valence-electron chi connectivity index (χ4n) is 1.62. The Balaban J connectivity index is 1.91. The third-order valence-electron chi connectivity index (χ3n) is 2.42. The Kier molecular flexibility index (Phi) is 3.29. The lowest BCUT2D eigenvalue weighted by Crippen LogP contribution is -2.40. The summed E-state index contributed by atoms with van der Waals surface area (Å²) in [4.78, 5) is 15.6. The van der Waals surface area contributed by atoms with Crippen molar-refractivity contribution in [2.24, 2.45) is 0 Å². The predicted molar refractivity (Wildman–Crippen MR) is 55.5 cm³/mol. The van der Waals surface area contributed by atoms with Crippen LogP contribution in [0.5, 0.6) is 0 Å². The maximum atomic E-state index is 11.7. The molecule has 1 aliphatic rings. The van der Waals surface area contributed by atoms with Crippen LogP contribution in [0.4, 0.5) is 0 Å². The Morgan fingerprint density at radius 2 is 2.53 bits per heavy atom. The van der Waals surface area contributed by atoms with E-state index in [9.17, 15) is 4.79 Å². The quantitative estimate of drug-likeness (QED) is 0.785. The molecule has 1 N–H and O–H groups in total. The van der Waals surface area contributed by atoms with Gasteiger partial charge in [-0.15, -0.1) is 0 Å². The number of carbonyl (C=O) groups is 1. The van der Waals surface area contributed by atoms with Gasteiger partial charge >= 0.3 is 0 Å². The largest absolute Gasteiger partial charge is 0.379 e. The molecule has 1 unspecified atom stereocenters. The fourth-order valence-corrected chi connectivity index (χ4v) is 1.62. The number of rotatable bonds is 2. The van der Waals surface area contributed by atoms with E-state index < -0.39 is 0 Å². The Labute approximate surface area is 88.7 Å². The van der Waals surface area contributed by atoms with E-state index in [0.717, 1.165) is 19.4 Å².